The van der Waals surface area contributed by atoms with Gasteiger partial charge in [-0.3, -0.25) is 0 Å². The number of nitrogens with two attached hydrogens (primary N) is 1. The van der Waals surface area contributed by atoms with Gasteiger partial charge in [0.2, 0.25) is 5.95 Å². The van der Waals surface area contributed by atoms with Crippen molar-refractivity contribution in [1.82, 2.24) is 9.97 Å². The molecule has 0 amide bonds. The Labute approximate surface area is 102 Å². The highest BCUT2D eigenvalue weighted by atomic mass is 16.5. The van der Waals surface area contributed by atoms with Gasteiger partial charge < -0.3 is 20.7 Å². The van der Waals surface area contributed by atoms with Crippen molar-refractivity contribution >= 4 is 17.6 Å². The molecule has 1 heterocycles. The minimum absolute atomic E-state index is 0.242. The molecule has 0 aromatic carbocycles. The van der Waals surface area contributed by atoms with E-state index in [-0.39, 0.29) is 12.1 Å². The fraction of sp³-hybridized carbons (Fsp3) is 0.636. The standard InChI is InChI=1S/C11H21N5O/c1-8(2)17-6-5-16(4)10-7-9(13-3)14-11(12)15-10/h7-8H,5-6H2,1-4H3,(H3,12,13,14,15). The van der Waals surface area contributed by atoms with Gasteiger partial charge in [0.25, 0.3) is 0 Å². The molecule has 17 heavy (non-hydrogen) atoms. The summed E-state index contributed by atoms with van der Waals surface area (Å²) in [6, 6.07) is 1.85. The van der Waals surface area contributed by atoms with E-state index in [1.807, 2.05) is 31.9 Å². The number of aromatic nitrogens is 2. The molecule has 6 heteroatoms. The molecule has 0 aliphatic rings. The van der Waals surface area contributed by atoms with E-state index in [0.717, 1.165) is 12.4 Å². The normalized spacial score (nSPS) is 10.6. The van der Waals surface area contributed by atoms with Crippen LogP contribution in [0.2, 0.25) is 0 Å². The van der Waals surface area contributed by atoms with E-state index < -0.39 is 0 Å². The van der Waals surface area contributed by atoms with Crippen molar-refractivity contribution in [3.05, 3.63) is 6.07 Å². The highest BCUT2D eigenvalue weighted by molar-refractivity contribution is 5.51. The van der Waals surface area contributed by atoms with Crippen molar-refractivity contribution in [2.45, 2.75) is 20.0 Å². The summed E-state index contributed by atoms with van der Waals surface area (Å²) in [6.45, 7) is 5.45. The predicted molar refractivity (Wildman–Crippen MR) is 70.3 cm³/mol. The zero-order valence-electron chi connectivity index (χ0n) is 10.9. The van der Waals surface area contributed by atoms with Gasteiger partial charge in [-0.2, -0.15) is 9.97 Å². The number of nitrogens with zero attached hydrogens (tertiary/aromatic N) is 3. The molecule has 0 atom stereocenters. The fourth-order valence-corrected chi connectivity index (χ4v) is 1.32. The fourth-order valence-electron chi connectivity index (χ4n) is 1.32. The van der Waals surface area contributed by atoms with Gasteiger partial charge in [-0.15, -0.1) is 0 Å². The first-order valence-corrected chi connectivity index (χ1v) is 5.68. The maximum absolute atomic E-state index is 5.63. The van der Waals surface area contributed by atoms with Crippen LogP contribution < -0.4 is 16.0 Å². The lowest BCUT2D eigenvalue weighted by Crippen LogP contribution is -2.25. The third-order valence-corrected chi connectivity index (χ3v) is 2.26. The van der Waals surface area contributed by atoms with E-state index in [2.05, 4.69) is 15.3 Å². The maximum Gasteiger partial charge on any atom is 0.223 e. The Morgan fingerprint density at radius 3 is 2.76 bits per heavy atom. The summed E-state index contributed by atoms with van der Waals surface area (Å²) in [4.78, 5) is 10.2. The lowest BCUT2D eigenvalue weighted by Gasteiger charge is -2.19. The highest BCUT2D eigenvalue weighted by Gasteiger charge is 2.06. The zero-order chi connectivity index (χ0) is 12.8. The largest absolute Gasteiger partial charge is 0.377 e. The van der Waals surface area contributed by atoms with Gasteiger partial charge in [-0.05, 0) is 13.8 Å². The topological polar surface area (TPSA) is 76.3 Å². The molecular formula is C11H21N5O. The van der Waals surface area contributed by atoms with Crippen LogP contribution in [0.5, 0.6) is 0 Å². The first-order valence-electron chi connectivity index (χ1n) is 5.68. The molecule has 1 aromatic heterocycles. The van der Waals surface area contributed by atoms with E-state index in [0.29, 0.717) is 12.4 Å². The number of ether oxygens (including phenoxy) is 1. The lowest BCUT2D eigenvalue weighted by molar-refractivity contribution is 0.0845. The average molecular weight is 239 g/mol. The summed E-state index contributed by atoms with van der Waals surface area (Å²) in [5, 5.41) is 2.95. The first-order chi connectivity index (χ1) is 8.02. The summed E-state index contributed by atoms with van der Waals surface area (Å²) in [5.74, 6) is 1.77. The van der Waals surface area contributed by atoms with Crippen molar-refractivity contribution in [1.29, 1.82) is 0 Å². The van der Waals surface area contributed by atoms with E-state index in [4.69, 9.17) is 10.5 Å². The third-order valence-electron chi connectivity index (χ3n) is 2.26. The molecule has 6 nitrogen and oxygen atoms in total. The van der Waals surface area contributed by atoms with Gasteiger partial charge in [-0.25, -0.2) is 0 Å². The number of hydrogen-bond acceptors (Lipinski definition) is 6. The first kappa shape index (κ1) is 13.5. The molecule has 3 N–H and O–H groups in total. The Balaban J connectivity index is 2.61. The van der Waals surface area contributed by atoms with Crippen LogP contribution in [-0.4, -0.2) is 43.3 Å². The zero-order valence-corrected chi connectivity index (χ0v) is 10.9. The SMILES string of the molecule is CNc1cc(N(C)CCOC(C)C)nc(N)n1. The number of nitrogens with one attached hydrogen (secondary N) is 1. The average Bonchev–Trinajstić information content (AvgIpc) is 2.27. The van der Waals surface area contributed by atoms with Gasteiger partial charge in [0.05, 0.1) is 12.7 Å². The van der Waals surface area contributed by atoms with Crippen LogP contribution in [-0.2, 0) is 4.74 Å². The second kappa shape index (κ2) is 6.24. The summed E-state index contributed by atoms with van der Waals surface area (Å²) in [5.41, 5.74) is 5.63. The Morgan fingerprint density at radius 2 is 2.18 bits per heavy atom. The third kappa shape index (κ3) is 4.44. The van der Waals surface area contributed by atoms with Crippen LogP contribution in [0.3, 0.4) is 0 Å². The van der Waals surface area contributed by atoms with Gasteiger partial charge in [-0.1, -0.05) is 0 Å². The van der Waals surface area contributed by atoms with Crippen molar-refractivity contribution in [2.24, 2.45) is 0 Å². The Bertz CT molecular complexity index is 356. The minimum atomic E-state index is 0.242. The van der Waals surface area contributed by atoms with Crippen LogP contribution in [0.25, 0.3) is 0 Å². The number of hydrogen-bond donors (Lipinski definition) is 2. The van der Waals surface area contributed by atoms with Crippen molar-refractivity contribution in [3.8, 4) is 0 Å². The second-order valence-electron chi connectivity index (χ2n) is 4.06. The number of anilines is 3. The van der Waals surface area contributed by atoms with Gasteiger partial charge in [0.15, 0.2) is 0 Å². The van der Waals surface area contributed by atoms with E-state index in [1.165, 1.54) is 0 Å². The Hall–Kier alpha value is -1.56. The van der Waals surface area contributed by atoms with Crippen LogP contribution in [0, 0.1) is 0 Å². The van der Waals surface area contributed by atoms with Gasteiger partial charge in [0.1, 0.15) is 11.6 Å². The molecule has 0 aliphatic heterocycles. The summed E-state index contributed by atoms with van der Waals surface area (Å²) >= 11 is 0. The Kier molecular flexibility index (Phi) is 4.96. The summed E-state index contributed by atoms with van der Waals surface area (Å²) in [6.07, 6.45) is 0.242. The monoisotopic (exact) mass is 239 g/mol. The quantitative estimate of drug-likeness (QED) is 0.770. The van der Waals surface area contributed by atoms with Gasteiger partial charge >= 0.3 is 0 Å². The molecule has 96 valence electrons. The van der Waals surface area contributed by atoms with Crippen LogP contribution in [0.1, 0.15) is 13.8 Å². The van der Waals surface area contributed by atoms with E-state index in [9.17, 15) is 0 Å². The molecule has 0 saturated carbocycles. The van der Waals surface area contributed by atoms with Crippen molar-refractivity contribution in [2.75, 3.05) is 43.2 Å². The molecule has 1 aromatic rings. The highest BCUT2D eigenvalue weighted by Crippen LogP contribution is 2.15. The maximum atomic E-state index is 5.63. The Morgan fingerprint density at radius 1 is 1.47 bits per heavy atom. The number of nitrogen functional groups attached to an aromatic ring is 1. The molecular weight excluding hydrogens is 218 g/mol. The molecule has 0 unspecified atom stereocenters. The van der Waals surface area contributed by atoms with Crippen LogP contribution in [0.4, 0.5) is 17.6 Å². The molecule has 1 rings (SSSR count). The molecule has 0 radical (unpaired) electrons. The smallest absolute Gasteiger partial charge is 0.223 e. The number of rotatable bonds is 6. The molecule has 0 fully saturated rings. The summed E-state index contributed by atoms with van der Waals surface area (Å²) in [7, 11) is 3.75. The van der Waals surface area contributed by atoms with Crippen molar-refractivity contribution < 1.29 is 4.74 Å². The minimum Gasteiger partial charge on any atom is -0.377 e. The molecule has 0 bridgehead atoms. The van der Waals surface area contributed by atoms with Gasteiger partial charge in [0, 0.05) is 26.7 Å². The van der Waals surface area contributed by atoms with E-state index >= 15 is 0 Å². The van der Waals surface area contributed by atoms with Crippen LogP contribution >= 0.6 is 0 Å². The summed E-state index contributed by atoms with van der Waals surface area (Å²) < 4.78 is 5.49. The predicted octanol–water partition coefficient (Wildman–Crippen LogP) is 0.962. The van der Waals surface area contributed by atoms with E-state index in [1.54, 1.807) is 7.05 Å². The lowest BCUT2D eigenvalue weighted by atomic mass is 10.4. The van der Waals surface area contributed by atoms with Crippen LogP contribution in [0.15, 0.2) is 6.07 Å². The molecule has 0 spiro atoms. The second-order valence-corrected chi connectivity index (χ2v) is 4.06. The van der Waals surface area contributed by atoms with Crippen molar-refractivity contribution in [3.63, 3.8) is 0 Å². The molecule has 0 saturated heterocycles. The number of likely N-dealkylation sites (N-methyl/N-ethyl adjacent to an activating group) is 1. The molecule has 0 aliphatic carbocycles.